The highest BCUT2D eigenvalue weighted by Gasteiger charge is 2.50. The fourth-order valence-corrected chi connectivity index (χ4v) is 3.87. The minimum Gasteiger partial charge on any atom is -0.480 e. The number of aliphatic carboxylic acids is 1. The summed E-state index contributed by atoms with van der Waals surface area (Å²) in [7, 11) is 0. The molecule has 0 amide bonds. The molecule has 1 saturated heterocycles. The minimum atomic E-state index is -0.602. The van der Waals surface area contributed by atoms with E-state index in [9.17, 15) is 9.90 Å². The molecule has 18 heavy (non-hydrogen) atoms. The summed E-state index contributed by atoms with van der Waals surface area (Å²) in [5.41, 5.74) is -0.588. The Morgan fingerprint density at radius 1 is 1.17 bits per heavy atom. The average Bonchev–Trinajstić information content (AvgIpc) is 3.24. The zero-order valence-electron chi connectivity index (χ0n) is 10.9. The summed E-state index contributed by atoms with van der Waals surface area (Å²) in [4.78, 5) is 14.1. The average molecular weight is 253 g/mol. The number of carboxylic acid groups (broad SMARTS) is 1. The number of nitrogens with zero attached hydrogens (tertiary/aromatic N) is 1. The van der Waals surface area contributed by atoms with Crippen LogP contribution < -0.4 is 0 Å². The van der Waals surface area contributed by atoms with Crippen molar-refractivity contribution in [3.8, 4) is 0 Å². The van der Waals surface area contributed by atoms with E-state index in [1.165, 1.54) is 19.3 Å². The maximum atomic E-state index is 11.9. The van der Waals surface area contributed by atoms with E-state index in [1.54, 1.807) is 0 Å². The van der Waals surface area contributed by atoms with Gasteiger partial charge in [0.2, 0.25) is 0 Å². The van der Waals surface area contributed by atoms with Gasteiger partial charge in [-0.15, -0.1) is 0 Å². The molecule has 102 valence electrons. The summed E-state index contributed by atoms with van der Waals surface area (Å²) in [6.07, 6.45) is 6.65. The van der Waals surface area contributed by atoms with Crippen LogP contribution in [0.2, 0.25) is 0 Å². The molecule has 0 bridgehead atoms. The highest BCUT2D eigenvalue weighted by atomic mass is 16.5. The number of morpholine rings is 1. The van der Waals surface area contributed by atoms with Gasteiger partial charge in [-0.2, -0.15) is 0 Å². The maximum Gasteiger partial charge on any atom is 0.324 e. The third-order valence-electron chi connectivity index (χ3n) is 5.07. The van der Waals surface area contributed by atoms with Crippen LogP contribution in [0.15, 0.2) is 0 Å². The molecule has 3 rings (SSSR count). The Labute approximate surface area is 108 Å². The molecule has 0 aromatic heterocycles. The first-order valence-corrected chi connectivity index (χ1v) is 7.28. The molecule has 2 aliphatic carbocycles. The van der Waals surface area contributed by atoms with E-state index >= 15 is 0 Å². The monoisotopic (exact) mass is 253 g/mol. The first-order chi connectivity index (χ1) is 8.72. The van der Waals surface area contributed by atoms with E-state index < -0.39 is 11.5 Å². The molecule has 2 saturated carbocycles. The Balaban J connectivity index is 1.78. The van der Waals surface area contributed by atoms with Crippen molar-refractivity contribution in [1.82, 2.24) is 4.90 Å². The molecular weight excluding hydrogens is 230 g/mol. The van der Waals surface area contributed by atoms with Crippen molar-refractivity contribution in [3.05, 3.63) is 0 Å². The number of rotatable bonds is 3. The largest absolute Gasteiger partial charge is 0.480 e. The van der Waals surface area contributed by atoms with E-state index in [0.717, 1.165) is 38.3 Å². The van der Waals surface area contributed by atoms with Gasteiger partial charge < -0.3 is 9.84 Å². The van der Waals surface area contributed by atoms with Gasteiger partial charge in [0.25, 0.3) is 0 Å². The quantitative estimate of drug-likeness (QED) is 0.832. The van der Waals surface area contributed by atoms with Crippen molar-refractivity contribution in [2.24, 2.45) is 11.8 Å². The third-order valence-corrected chi connectivity index (χ3v) is 5.07. The summed E-state index contributed by atoms with van der Waals surface area (Å²) in [5.74, 6) is 0.873. The summed E-state index contributed by atoms with van der Waals surface area (Å²) in [6.45, 7) is 2.93. The molecule has 4 nitrogen and oxygen atoms in total. The SMILES string of the molecule is O=C(O)C1(N2CCOCC2)CCCC(C2CC2)C1. The molecule has 4 heteroatoms. The van der Waals surface area contributed by atoms with Crippen LogP contribution in [0.25, 0.3) is 0 Å². The smallest absolute Gasteiger partial charge is 0.324 e. The second kappa shape index (κ2) is 4.82. The van der Waals surface area contributed by atoms with Crippen LogP contribution in [0.5, 0.6) is 0 Å². The summed E-state index contributed by atoms with van der Waals surface area (Å²) < 4.78 is 5.37. The maximum absolute atomic E-state index is 11.9. The lowest BCUT2D eigenvalue weighted by atomic mass is 9.72. The van der Waals surface area contributed by atoms with Crippen LogP contribution in [-0.2, 0) is 9.53 Å². The first kappa shape index (κ1) is 12.4. The molecule has 2 unspecified atom stereocenters. The lowest BCUT2D eigenvalue weighted by molar-refractivity contribution is -0.159. The van der Waals surface area contributed by atoms with Gasteiger partial charge in [-0.25, -0.2) is 0 Å². The lowest BCUT2D eigenvalue weighted by Gasteiger charge is -2.47. The topological polar surface area (TPSA) is 49.8 Å². The van der Waals surface area contributed by atoms with Crippen LogP contribution in [0, 0.1) is 11.8 Å². The van der Waals surface area contributed by atoms with Crippen molar-refractivity contribution in [2.75, 3.05) is 26.3 Å². The molecular formula is C14H23NO3. The van der Waals surface area contributed by atoms with Crippen LogP contribution in [0.3, 0.4) is 0 Å². The van der Waals surface area contributed by atoms with E-state index in [-0.39, 0.29) is 0 Å². The van der Waals surface area contributed by atoms with Crippen LogP contribution in [-0.4, -0.2) is 47.8 Å². The predicted octanol–water partition coefficient (Wildman–Crippen LogP) is 1.74. The normalized spacial score (nSPS) is 38.6. The van der Waals surface area contributed by atoms with E-state index in [1.807, 2.05) is 0 Å². The fourth-order valence-electron chi connectivity index (χ4n) is 3.87. The molecule has 0 radical (unpaired) electrons. The number of carboxylic acids is 1. The summed E-state index contributed by atoms with van der Waals surface area (Å²) >= 11 is 0. The number of hydrogen-bond acceptors (Lipinski definition) is 3. The molecule has 0 spiro atoms. The Kier molecular flexibility index (Phi) is 3.32. The molecule has 1 aliphatic heterocycles. The molecule has 0 aromatic carbocycles. The van der Waals surface area contributed by atoms with Crippen LogP contribution in [0.4, 0.5) is 0 Å². The highest BCUT2D eigenvalue weighted by molar-refractivity contribution is 5.79. The van der Waals surface area contributed by atoms with Gasteiger partial charge in [-0.3, -0.25) is 9.69 Å². The summed E-state index contributed by atoms with van der Waals surface area (Å²) in [6, 6.07) is 0. The van der Waals surface area contributed by atoms with Gasteiger partial charge in [0.05, 0.1) is 13.2 Å². The van der Waals surface area contributed by atoms with Gasteiger partial charge in [0.1, 0.15) is 5.54 Å². The molecule has 1 heterocycles. The second-order valence-electron chi connectivity index (χ2n) is 6.13. The minimum absolute atomic E-state index is 0.588. The Morgan fingerprint density at radius 2 is 1.89 bits per heavy atom. The highest BCUT2D eigenvalue weighted by Crippen LogP contribution is 2.48. The predicted molar refractivity (Wildman–Crippen MR) is 67.4 cm³/mol. The molecule has 1 N–H and O–H groups in total. The van der Waals surface area contributed by atoms with Crippen molar-refractivity contribution < 1.29 is 14.6 Å². The van der Waals surface area contributed by atoms with Crippen molar-refractivity contribution in [1.29, 1.82) is 0 Å². The molecule has 2 atom stereocenters. The van der Waals surface area contributed by atoms with Crippen molar-refractivity contribution >= 4 is 5.97 Å². The Bertz CT molecular complexity index is 323. The zero-order chi connectivity index (χ0) is 12.6. The number of hydrogen-bond donors (Lipinski definition) is 1. The van der Waals surface area contributed by atoms with Crippen molar-refractivity contribution in [3.63, 3.8) is 0 Å². The Hall–Kier alpha value is -0.610. The lowest BCUT2D eigenvalue weighted by Crippen LogP contribution is -2.60. The Morgan fingerprint density at radius 3 is 2.50 bits per heavy atom. The molecule has 0 aromatic rings. The zero-order valence-corrected chi connectivity index (χ0v) is 10.9. The summed E-state index contributed by atoms with van der Waals surface area (Å²) in [5, 5.41) is 9.78. The van der Waals surface area contributed by atoms with Crippen LogP contribution in [0.1, 0.15) is 38.5 Å². The first-order valence-electron chi connectivity index (χ1n) is 7.28. The van der Waals surface area contributed by atoms with Gasteiger partial charge in [0.15, 0.2) is 0 Å². The number of carbonyl (C=O) groups is 1. The third kappa shape index (κ3) is 2.16. The molecule has 3 aliphatic rings. The van der Waals surface area contributed by atoms with Gasteiger partial charge in [-0.1, -0.05) is 12.8 Å². The standard InChI is InChI=1S/C14H23NO3/c16-13(17)14(15-6-8-18-9-7-15)5-1-2-12(10-14)11-3-4-11/h11-12H,1-10H2,(H,16,17). The van der Waals surface area contributed by atoms with E-state index in [0.29, 0.717) is 19.1 Å². The van der Waals surface area contributed by atoms with Gasteiger partial charge in [-0.05, 0) is 37.5 Å². The van der Waals surface area contributed by atoms with Crippen LogP contribution >= 0.6 is 0 Å². The second-order valence-corrected chi connectivity index (χ2v) is 6.13. The number of ether oxygens (including phenoxy) is 1. The fraction of sp³-hybridized carbons (Fsp3) is 0.929. The molecule has 3 fully saturated rings. The van der Waals surface area contributed by atoms with Gasteiger partial charge in [0, 0.05) is 13.1 Å². The van der Waals surface area contributed by atoms with E-state index in [2.05, 4.69) is 4.90 Å². The van der Waals surface area contributed by atoms with Gasteiger partial charge >= 0.3 is 5.97 Å². The van der Waals surface area contributed by atoms with E-state index in [4.69, 9.17) is 4.74 Å². The van der Waals surface area contributed by atoms with Crippen molar-refractivity contribution in [2.45, 2.75) is 44.1 Å².